The maximum atomic E-state index is 13.9. The summed E-state index contributed by atoms with van der Waals surface area (Å²) in [6, 6.07) is 33.7. The molecule has 458 valence electrons. The number of nitrogens with one attached hydrogen (secondary N) is 3. The molecule has 10 rings (SSSR count). The van der Waals surface area contributed by atoms with Gasteiger partial charge >= 0.3 is 5.69 Å². The van der Waals surface area contributed by atoms with Gasteiger partial charge in [0.25, 0.3) is 11.2 Å². The number of nitrogens with zero attached hydrogens (tertiary/aromatic N) is 4. The molecule has 5 aromatic rings. The Kier molecular flexibility index (Phi) is 20.5. The third kappa shape index (κ3) is 14.0. The quantitative estimate of drug-likeness (QED) is 0.00868. The largest absolute Gasteiger partial charge is 0.497 e. The van der Waals surface area contributed by atoms with Crippen molar-refractivity contribution >= 4 is 31.9 Å². The zero-order valence-electron chi connectivity index (χ0n) is 50.2. The Morgan fingerprint density at radius 1 is 0.860 bits per heavy atom. The van der Waals surface area contributed by atoms with E-state index >= 15 is 0 Å². The monoisotopic (exact) mass is 1200 g/mol. The van der Waals surface area contributed by atoms with Gasteiger partial charge in [-0.1, -0.05) is 79.6 Å². The Bertz CT molecular complexity index is 3260. The second-order valence-corrected chi connectivity index (χ2v) is 26.5. The van der Waals surface area contributed by atoms with Crippen LogP contribution in [0, 0.1) is 38.7 Å². The van der Waals surface area contributed by atoms with Gasteiger partial charge in [0.05, 0.1) is 50.4 Å². The van der Waals surface area contributed by atoms with Gasteiger partial charge in [-0.3, -0.25) is 38.7 Å². The first-order chi connectivity index (χ1) is 41.3. The molecular weight excluding hydrogens is 1110 g/mol. The van der Waals surface area contributed by atoms with Gasteiger partial charge in [-0.15, -0.1) is 0 Å². The third-order valence-corrected chi connectivity index (χ3v) is 20.7. The molecule has 86 heavy (non-hydrogen) atoms. The lowest BCUT2D eigenvalue weighted by Gasteiger charge is -2.62. The Morgan fingerprint density at radius 3 is 2.02 bits per heavy atom. The summed E-state index contributed by atoms with van der Waals surface area (Å²) in [5.74, 6) is 2.05. The first kappa shape index (κ1) is 63.5. The van der Waals surface area contributed by atoms with Crippen molar-refractivity contribution in [3.05, 3.63) is 174 Å². The number of hydrogen-bond acceptors (Lipinski definition) is 14. The van der Waals surface area contributed by atoms with Gasteiger partial charge in [-0.2, -0.15) is 5.26 Å². The molecule has 1 aromatic heterocycles. The number of amides is 2. The van der Waals surface area contributed by atoms with E-state index in [4.69, 9.17) is 23.5 Å². The molecule has 2 amide bonds. The minimum Gasteiger partial charge on any atom is -0.497 e. The highest BCUT2D eigenvalue weighted by Crippen LogP contribution is 2.67. The summed E-state index contributed by atoms with van der Waals surface area (Å²) in [7, 11) is 1.16. The fourth-order valence-corrected chi connectivity index (χ4v) is 17.1. The fourth-order valence-electron chi connectivity index (χ4n) is 14.6. The van der Waals surface area contributed by atoms with E-state index in [2.05, 4.69) is 26.4 Å². The van der Waals surface area contributed by atoms with Crippen LogP contribution in [0.3, 0.4) is 0 Å². The number of nitro groups is 1. The van der Waals surface area contributed by atoms with Crippen LogP contribution in [0.1, 0.15) is 145 Å². The number of benzene rings is 4. The Labute approximate surface area is 504 Å². The molecule has 5 aliphatic rings. The highest BCUT2D eigenvalue weighted by molar-refractivity contribution is 7.51. The van der Waals surface area contributed by atoms with Crippen LogP contribution in [-0.4, -0.2) is 100 Å². The van der Waals surface area contributed by atoms with Gasteiger partial charge in [0.2, 0.25) is 11.8 Å². The molecule has 2 heterocycles. The molecule has 4 aromatic carbocycles. The smallest absolute Gasteiger partial charge is 0.330 e. The number of aromatic amines is 1. The molecule has 1 aliphatic heterocycles. The van der Waals surface area contributed by atoms with Crippen LogP contribution < -0.4 is 31.4 Å². The van der Waals surface area contributed by atoms with Crippen molar-refractivity contribution in [3.8, 4) is 17.6 Å². The van der Waals surface area contributed by atoms with Crippen molar-refractivity contribution in [2.45, 2.75) is 152 Å². The standard InChI is InChI=1S/C66H82N7O12P/c1-45(2)72(46(3)4)86(84-34-14-31-67)65(78)41-60(85-57(65)43-83-66(51-15-10-9-11-16-51,52-20-26-55(81-5)27-21-52)53-22-28-56(82-6)29-23-53)71-42-49(61(76)70-62(71)77)17-30-58(74)68-32-12-7-8-13-33-69-59(75)40-63-36-47-35-48(37-63)39-64(38-47,44-63)50-18-24-54(25-19-50)73(79)80/h9-11,15-30,42,45-48,57,60,78H,7-8,12-14,32-41,43-44H2,1-6H3,(H,68,74)(H,69,75)(H,70,76,77)/b30-17+/t47-,48+,57-,60-,63?,64?,65-,86?/m1/s1. The van der Waals surface area contributed by atoms with E-state index in [0.717, 1.165) is 68.1 Å². The third-order valence-electron chi connectivity index (χ3n) is 17.8. The summed E-state index contributed by atoms with van der Waals surface area (Å²) < 4.78 is 35.2. The number of rotatable bonds is 29. The summed E-state index contributed by atoms with van der Waals surface area (Å²) in [6.07, 6.45) is 11.5. The zero-order valence-corrected chi connectivity index (χ0v) is 51.1. The number of carbonyl (C=O) groups excluding carboxylic acids is 2. The summed E-state index contributed by atoms with van der Waals surface area (Å²) in [4.78, 5) is 67.4. The molecule has 0 radical (unpaired) electrons. The molecular formula is C66H82N7O12P. The Hall–Kier alpha value is -7.04. The van der Waals surface area contributed by atoms with E-state index in [1.807, 2.05) is 119 Å². The van der Waals surface area contributed by atoms with Gasteiger partial charge in [0.15, 0.2) is 5.34 Å². The van der Waals surface area contributed by atoms with Crippen molar-refractivity contribution in [1.82, 2.24) is 24.9 Å². The van der Waals surface area contributed by atoms with Crippen LogP contribution in [0.25, 0.3) is 6.08 Å². The van der Waals surface area contributed by atoms with Gasteiger partial charge in [0.1, 0.15) is 37.7 Å². The number of hydrogen-bond donors (Lipinski definition) is 4. The van der Waals surface area contributed by atoms with Crippen molar-refractivity contribution in [2.75, 3.05) is 40.5 Å². The van der Waals surface area contributed by atoms with Crippen LogP contribution in [0.2, 0.25) is 0 Å². The van der Waals surface area contributed by atoms with E-state index in [0.29, 0.717) is 49.3 Å². The lowest BCUT2D eigenvalue weighted by Crippen LogP contribution is -2.55. The maximum Gasteiger partial charge on any atom is 0.330 e. The SMILES string of the molecule is COc1ccc(C(OC[C@H]2O[C@@H](n3cc(/C=C/C(=O)NCCCCCCNC(=O)CC45C[C@H]6C[C@@H](C4)CC(c4ccc([N+](=O)[O-])cc4)(C6)C5)c(=O)[nH]c3=O)C[C@@]2(O)P(OCCC#N)N(C(C)C)C(C)C)(c2ccccc2)c2ccc(OC)cc2)cc1. The maximum absolute atomic E-state index is 13.9. The van der Waals surface area contributed by atoms with E-state index in [1.54, 1.807) is 26.4 Å². The number of carbonyl (C=O) groups is 2. The fraction of sp³-hybridized carbons (Fsp3) is 0.500. The Morgan fingerprint density at radius 2 is 1.45 bits per heavy atom. The van der Waals surface area contributed by atoms with E-state index in [-0.39, 0.29) is 71.1 Å². The molecule has 3 unspecified atom stereocenters. The molecule has 5 fully saturated rings. The van der Waals surface area contributed by atoms with Crippen molar-refractivity contribution in [3.63, 3.8) is 0 Å². The second-order valence-electron chi connectivity index (χ2n) is 24.4. The van der Waals surface area contributed by atoms with Gasteiger partial charge in [-0.25, -0.2) is 4.79 Å². The Balaban J connectivity index is 0.855. The molecule has 0 spiro atoms. The number of unbranched alkanes of at least 4 members (excludes halogenated alkanes) is 3. The number of nitro benzene ring substituents is 1. The predicted octanol–water partition coefficient (Wildman–Crippen LogP) is 10.5. The first-order valence-corrected chi connectivity index (χ1v) is 31.3. The van der Waals surface area contributed by atoms with Gasteiger partial charge in [0, 0.05) is 62.4 Å². The average Bonchev–Trinajstić information content (AvgIpc) is 0.825. The number of aliphatic hydroxyl groups is 1. The number of nitriles is 1. The lowest BCUT2D eigenvalue weighted by molar-refractivity contribution is -0.384. The average molecular weight is 1200 g/mol. The summed E-state index contributed by atoms with van der Waals surface area (Å²) in [5, 5.41) is 38.7. The summed E-state index contributed by atoms with van der Waals surface area (Å²) in [5.41, 5.74) is 0.605. The normalized spacial score (nSPS) is 23.6. The number of H-pyrrole nitrogens is 1. The number of non-ortho nitro benzene ring substituents is 1. The van der Waals surface area contributed by atoms with Crippen molar-refractivity contribution < 1.29 is 43.1 Å². The second kappa shape index (κ2) is 27.8. The van der Waals surface area contributed by atoms with Crippen molar-refractivity contribution in [2.24, 2.45) is 17.3 Å². The summed E-state index contributed by atoms with van der Waals surface area (Å²) >= 11 is 0. The molecule has 8 atom stereocenters. The number of ether oxygens (including phenoxy) is 4. The van der Waals surface area contributed by atoms with Crippen LogP contribution in [-0.2, 0) is 34.6 Å². The number of aromatic nitrogens is 2. The number of methoxy groups -OCH3 is 2. The minimum atomic E-state index is -2.03. The first-order valence-electron chi connectivity index (χ1n) is 30.1. The van der Waals surface area contributed by atoms with E-state index < -0.39 is 48.7 Å². The summed E-state index contributed by atoms with van der Waals surface area (Å²) in [6.45, 7) is 8.71. The van der Waals surface area contributed by atoms with Crippen LogP contribution >= 0.6 is 8.30 Å². The molecule has 4 N–H and O–H groups in total. The highest BCUT2D eigenvalue weighted by Gasteiger charge is 2.60. The van der Waals surface area contributed by atoms with Crippen LogP contribution in [0.4, 0.5) is 5.69 Å². The predicted molar refractivity (Wildman–Crippen MR) is 328 cm³/mol. The molecule has 4 bridgehead atoms. The molecule has 4 aliphatic carbocycles. The molecule has 4 saturated carbocycles. The van der Waals surface area contributed by atoms with Crippen LogP contribution in [0.15, 0.2) is 125 Å². The molecule has 20 heteroatoms. The lowest BCUT2D eigenvalue weighted by atomic mass is 9.42. The van der Waals surface area contributed by atoms with Crippen LogP contribution in [0.5, 0.6) is 11.5 Å². The minimum absolute atomic E-state index is 0.00135. The topological polar surface area (TPSA) is 250 Å². The van der Waals surface area contributed by atoms with E-state index in [9.17, 15) is 39.7 Å². The van der Waals surface area contributed by atoms with Gasteiger partial charge < -0.3 is 39.2 Å². The zero-order chi connectivity index (χ0) is 61.2. The molecule has 1 saturated heterocycles. The van der Waals surface area contributed by atoms with Crippen molar-refractivity contribution in [1.29, 1.82) is 5.26 Å². The van der Waals surface area contributed by atoms with Gasteiger partial charge in [-0.05, 0) is 154 Å². The van der Waals surface area contributed by atoms with E-state index in [1.165, 1.54) is 34.9 Å². The highest BCUT2D eigenvalue weighted by atomic mass is 31.2. The molecule has 19 nitrogen and oxygen atoms in total.